The van der Waals surface area contributed by atoms with Crippen LogP contribution in [0.1, 0.15) is 12.7 Å². The second-order valence-corrected chi connectivity index (χ2v) is 7.28. The molecule has 1 aliphatic carbocycles. The number of allylic oxidation sites excluding steroid dienone is 3. The number of pyridine rings is 1. The van der Waals surface area contributed by atoms with Crippen molar-refractivity contribution >= 4 is 27.0 Å². The molecule has 0 aromatic carbocycles. The first kappa shape index (κ1) is 18.8. The van der Waals surface area contributed by atoms with Gasteiger partial charge in [-0.05, 0) is 40.4 Å². The third-order valence-electron chi connectivity index (χ3n) is 4.69. The topological polar surface area (TPSA) is 43.1 Å². The van der Waals surface area contributed by atoms with Crippen molar-refractivity contribution in [2.45, 2.75) is 20.0 Å². The molecule has 2 heterocycles. The van der Waals surface area contributed by atoms with Crippen molar-refractivity contribution in [1.82, 2.24) is 14.5 Å². The molecule has 138 valence electrons. The summed E-state index contributed by atoms with van der Waals surface area (Å²) in [7, 11) is 1.86. The van der Waals surface area contributed by atoms with Gasteiger partial charge in [0.05, 0.1) is 17.8 Å². The maximum Gasteiger partial charge on any atom is 0.395 e. The maximum atomic E-state index is 13.1. The molecule has 0 saturated carbocycles. The lowest BCUT2D eigenvalue weighted by Gasteiger charge is -2.27. The molecule has 0 saturated heterocycles. The van der Waals surface area contributed by atoms with Crippen LogP contribution >= 0.6 is 15.9 Å². The second-order valence-electron chi connectivity index (χ2n) is 6.37. The number of rotatable bonds is 2. The predicted octanol–water partition coefficient (Wildman–Crippen LogP) is 4.25. The third kappa shape index (κ3) is 3.60. The fourth-order valence-corrected chi connectivity index (χ4v) is 3.36. The summed E-state index contributed by atoms with van der Waals surface area (Å²) in [6, 6.07) is 1.87. The van der Waals surface area contributed by atoms with Gasteiger partial charge in [-0.25, -0.2) is 9.97 Å². The van der Waals surface area contributed by atoms with Gasteiger partial charge in [0, 0.05) is 17.7 Å². The highest BCUT2D eigenvalue weighted by atomic mass is 79.9. The van der Waals surface area contributed by atoms with Crippen molar-refractivity contribution in [3.05, 3.63) is 51.8 Å². The first-order chi connectivity index (χ1) is 12.2. The van der Waals surface area contributed by atoms with Crippen LogP contribution in [-0.2, 0) is 7.05 Å². The van der Waals surface area contributed by atoms with Gasteiger partial charge in [0.15, 0.2) is 5.49 Å². The van der Waals surface area contributed by atoms with Crippen molar-refractivity contribution in [3.8, 4) is 0 Å². The Morgan fingerprint density at radius 3 is 2.77 bits per heavy atom. The molecule has 0 fully saturated rings. The van der Waals surface area contributed by atoms with Crippen LogP contribution < -0.4 is 5.49 Å². The predicted molar refractivity (Wildman–Crippen MR) is 97.3 cm³/mol. The second kappa shape index (κ2) is 6.98. The number of hydrogen-bond acceptors (Lipinski definition) is 3. The largest absolute Gasteiger partial charge is 0.395 e. The molecule has 8 heteroatoms. The van der Waals surface area contributed by atoms with Gasteiger partial charge in [-0.2, -0.15) is 13.2 Å². The number of fused-ring (bicyclic) bond motifs is 1. The van der Waals surface area contributed by atoms with Crippen molar-refractivity contribution in [3.63, 3.8) is 0 Å². The number of aromatic nitrogens is 3. The lowest BCUT2D eigenvalue weighted by molar-refractivity contribution is -0.169. The van der Waals surface area contributed by atoms with Crippen LogP contribution in [0.25, 0.3) is 11.0 Å². The Kier molecular flexibility index (Phi) is 5.05. The Bertz CT molecular complexity index is 973. The Morgan fingerprint density at radius 2 is 2.08 bits per heavy atom. The van der Waals surface area contributed by atoms with Crippen molar-refractivity contribution < 1.29 is 13.2 Å². The fourth-order valence-electron chi connectivity index (χ4n) is 3.03. The van der Waals surface area contributed by atoms with Gasteiger partial charge in [0.1, 0.15) is 11.5 Å². The lowest BCUT2D eigenvalue weighted by atomic mass is 9.83. The highest BCUT2D eigenvalue weighted by Gasteiger charge is 2.42. The smallest absolute Gasteiger partial charge is 0.317 e. The molecular weight excluding hydrogens is 409 g/mol. The van der Waals surface area contributed by atoms with Crippen LogP contribution in [0.15, 0.2) is 45.5 Å². The summed E-state index contributed by atoms with van der Waals surface area (Å²) < 4.78 is 42.1. The van der Waals surface area contributed by atoms with Crippen LogP contribution in [0.5, 0.6) is 0 Å². The number of nitrogens with zero attached hydrogens (tertiary/aromatic N) is 4. The number of alkyl halides is 3. The molecular formula is C18H18BrF3N4. The van der Waals surface area contributed by atoms with Gasteiger partial charge in [0.2, 0.25) is 0 Å². The summed E-state index contributed by atoms with van der Waals surface area (Å²) >= 11 is 3.39. The normalized spacial score (nSPS) is 21.3. The SMILES string of the molecule is Cc1nc(=NCC2=CC=CC(C(F)(F)F)C2C)c2cc(Br)cnc2n1C. The molecule has 2 unspecified atom stereocenters. The number of aryl methyl sites for hydroxylation is 2. The minimum Gasteiger partial charge on any atom is -0.317 e. The van der Waals surface area contributed by atoms with E-state index in [9.17, 15) is 13.2 Å². The monoisotopic (exact) mass is 426 g/mol. The van der Waals surface area contributed by atoms with E-state index in [4.69, 9.17) is 0 Å². The molecule has 0 aliphatic heterocycles. The standard InChI is InChI=1S/C18H18BrF3N4/c1-10-12(5-4-6-15(10)18(20,21)22)8-23-16-14-7-13(19)9-24-17(14)26(3)11(2)25-16/h4-7,9-10,15H,8H2,1-3H3. The number of hydrogen-bond donors (Lipinski definition) is 0. The van der Waals surface area contributed by atoms with E-state index in [1.807, 2.05) is 24.6 Å². The highest BCUT2D eigenvalue weighted by molar-refractivity contribution is 9.10. The molecule has 2 atom stereocenters. The highest BCUT2D eigenvalue weighted by Crippen LogP contribution is 2.38. The zero-order valence-corrected chi connectivity index (χ0v) is 16.1. The van der Waals surface area contributed by atoms with Crippen molar-refractivity contribution in [1.29, 1.82) is 0 Å². The van der Waals surface area contributed by atoms with E-state index >= 15 is 0 Å². The van der Waals surface area contributed by atoms with Gasteiger partial charge in [-0.1, -0.05) is 25.2 Å². The summed E-state index contributed by atoms with van der Waals surface area (Å²) in [4.78, 5) is 13.4. The molecule has 0 amide bonds. The van der Waals surface area contributed by atoms with E-state index in [0.717, 1.165) is 21.3 Å². The van der Waals surface area contributed by atoms with E-state index in [1.54, 1.807) is 19.2 Å². The van der Waals surface area contributed by atoms with E-state index in [2.05, 4.69) is 30.9 Å². The Hall–Kier alpha value is -1.96. The van der Waals surface area contributed by atoms with Gasteiger partial charge >= 0.3 is 6.18 Å². The molecule has 3 rings (SSSR count). The molecule has 1 aliphatic rings. The molecule has 0 N–H and O–H groups in total. The average molecular weight is 427 g/mol. The van der Waals surface area contributed by atoms with Crippen LogP contribution in [-0.4, -0.2) is 27.3 Å². The average Bonchev–Trinajstić information content (AvgIpc) is 2.56. The number of halogens is 4. The van der Waals surface area contributed by atoms with E-state index < -0.39 is 18.0 Å². The zero-order chi connectivity index (χ0) is 19.1. The molecule has 0 spiro atoms. The minimum atomic E-state index is -4.26. The first-order valence-electron chi connectivity index (χ1n) is 8.12. The Morgan fingerprint density at radius 1 is 1.35 bits per heavy atom. The molecule has 0 bridgehead atoms. The lowest BCUT2D eigenvalue weighted by Crippen LogP contribution is -2.30. The van der Waals surface area contributed by atoms with Gasteiger partial charge < -0.3 is 4.57 Å². The first-order valence-corrected chi connectivity index (χ1v) is 8.91. The van der Waals surface area contributed by atoms with Crippen LogP contribution in [0, 0.1) is 18.8 Å². The summed E-state index contributed by atoms with van der Waals surface area (Å²) in [6.07, 6.45) is 1.81. The third-order valence-corrected chi connectivity index (χ3v) is 5.12. The summed E-state index contributed by atoms with van der Waals surface area (Å²) in [5.74, 6) is -1.40. The molecule has 0 radical (unpaired) electrons. The van der Waals surface area contributed by atoms with Crippen LogP contribution in [0.4, 0.5) is 13.2 Å². The molecule has 2 aromatic rings. The van der Waals surface area contributed by atoms with Crippen molar-refractivity contribution in [2.24, 2.45) is 23.9 Å². The zero-order valence-electron chi connectivity index (χ0n) is 14.5. The van der Waals surface area contributed by atoms with Crippen LogP contribution in [0.3, 0.4) is 0 Å². The fraction of sp³-hybridized carbons (Fsp3) is 0.389. The maximum absolute atomic E-state index is 13.1. The molecule has 2 aromatic heterocycles. The minimum absolute atomic E-state index is 0.167. The summed E-state index contributed by atoms with van der Waals surface area (Å²) in [5.41, 5.74) is 1.84. The van der Waals surface area contributed by atoms with Gasteiger partial charge in [0.25, 0.3) is 0 Å². The van der Waals surface area contributed by atoms with Crippen molar-refractivity contribution in [2.75, 3.05) is 6.54 Å². The molecule has 4 nitrogen and oxygen atoms in total. The van der Waals surface area contributed by atoms with Gasteiger partial charge in [-0.3, -0.25) is 4.99 Å². The quantitative estimate of drug-likeness (QED) is 0.720. The Balaban J connectivity index is 2.02. The summed E-state index contributed by atoms with van der Waals surface area (Å²) in [5, 5.41) is 0.749. The van der Waals surface area contributed by atoms with E-state index in [1.165, 1.54) is 12.2 Å². The van der Waals surface area contributed by atoms with Gasteiger partial charge in [-0.15, -0.1) is 0 Å². The summed E-state index contributed by atoms with van der Waals surface area (Å²) in [6.45, 7) is 3.59. The Labute approximate surface area is 157 Å². The molecule has 26 heavy (non-hydrogen) atoms. The van der Waals surface area contributed by atoms with Crippen LogP contribution in [0.2, 0.25) is 0 Å². The van der Waals surface area contributed by atoms with E-state index in [0.29, 0.717) is 11.1 Å². The van der Waals surface area contributed by atoms with E-state index in [-0.39, 0.29) is 6.54 Å².